The Bertz CT molecular complexity index is 621. The first-order valence-electron chi connectivity index (χ1n) is 4.83. The molecule has 80 valence electrons. The Morgan fingerprint density at radius 2 is 2.12 bits per heavy atom. The molecular weight excluding hydrogens is 244 g/mol. The van der Waals surface area contributed by atoms with Gasteiger partial charge in [0.15, 0.2) is 26.5 Å². The van der Waals surface area contributed by atoms with Crippen LogP contribution in [0.15, 0.2) is 0 Å². The number of nitrogens with zero attached hydrogens (tertiary/aromatic N) is 3. The lowest BCUT2D eigenvalue weighted by Crippen LogP contribution is -1.89. The van der Waals surface area contributed by atoms with Crippen molar-refractivity contribution in [1.82, 2.24) is 15.0 Å². The standard InChI is InChI=1S/C10H7ClN4S/c11-7-6(4-3-5-1-2-5)13-9-8(14-7)15-10(12)16-9/h5H,1-2H2,(H2,12,14,15). The van der Waals surface area contributed by atoms with E-state index in [9.17, 15) is 0 Å². The van der Waals surface area contributed by atoms with Gasteiger partial charge in [-0.3, -0.25) is 0 Å². The van der Waals surface area contributed by atoms with Crippen LogP contribution < -0.4 is 5.73 Å². The van der Waals surface area contributed by atoms with E-state index in [0.717, 1.165) is 0 Å². The van der Waals surface area contributed by atoms with Crippen molar-refractivity contribution in [3.05, 3.63) is 10.8 Å². The zero-order valence-corrected chi connectivity index (χ0v) is 9.77. The average Bonchev–Trinajstić information content (AvgIpc) is 2.98. The predicted molar refractivity (Wildman–Crippen MR) is 64.2 cm³/mol. The fourth-order valence-electron chi connectivity index (χ4n) is 1.24. The monoisotopic (exact) mass is 250 g/mol. The number of hydrogen-bond acceptors (Lipinski definition) is 5. The molecule has 0 saturated heterocycles. The highest BCUT2D eigenvalue weighted by Crippen LogP contribution is 2.28. The van der Waals surface area contributed by atoms with Gasteiger partial charge in [0.25, 0.3) is 0 Å². The second-order valence-corrected chi connectivity index (χ2v) is 4.95. The summed E-state index contributed by atoms with van der Waals surface area (Å²) in [6.07, 6.45) is 2.35. The lowest BCUT2D eigenvalue weighted by Gasteiger charge is -1.93. The molecule has 1 saturated carbocycles. The van der Waals surface area contributed by atoms with Crippen molar-refractivity contribution in [1.29, 1.82) is 0 Å². The SMILES string of the molecule is Nc1nc2nc(Cl)c(C#CC3CC3)nc2s1. The van der Waals surface area contributed by atoms with E-state index in [0.29, 0.717) is 32.4 Å². The molecular formula is C10H7ClN4S. The van der Waals surface area contributed by atoms with Gasteiger partial charge in [-0.2, -0.15) is 4.98 Å². The molecule has 0 unspecified atom stereocenters. The maximum atomic E-state index is 5.96. The van der Waals surface area contributed by atoms with E-state index in [2.05, 4.69) is 26.8 Å². The van der Waals surface area contributed by atoms with Gasteiger partial charge in [0, 0.05) is 5.92 Å². The Kier molecular flexibility index (Phi) is 2.20. The minimum Gasteiger partial charge on any atom is -0.375 e. The normalized spacial score (nSPS) is 14.8. The summed E-state index contributed by atoms with van der Waals surface area (Å²) >= 11 is 7.26. The van der Waals surface area contributed by atoms with E-state index < -0.39 is 0 Å². The fourth-order valence-corrected chi connectivity index (χ4v) is 2.06. The molecule has 1 aliphatic carbocycles. The molecule has 6 heteroatoms. The van der Waals surface area contributed by atoms with Crippen molar-refractivity contribution in [3.63, 3.8) is 0 Å². The van der Waals surface area contributed by atoms with Crippen molar-refractivity contribution >= 4 is 38.5 Å². The van der Waals surface area contributed by atoms with Gasteiger partial charge >= 0.3 is 0 Å². The molecule has 4 nitrogen and oxygen atoms in total. The lowest BCUT2D eigenvalue weighted by molar-refractivity contribution is 1.17. The second-order valence-electron chi connectivity index (χ2n) is 3.59. The number of fused-ring (bicyclic) bond motifs is 1. The van der Waals surface area contributed by atoms with Crippen LogP contribution in [0.3, 0.4) is 0 Å². The zero-order chi connectivity index (χ0) is 11.1. The fraction of sp³-hybridized carbons (Fsp3) is 0.300. The quantitative estimate of drug-likeness (QED) is 0.727. The Morgan fingerprint density at radius 1 is 1.31 bits per heavy atom. The number of rotatable bonds is 0. The molecule has 0 atom stereocenters. The minimum atomic E-state index is 0.297. The third-order valence-electron chi connectivity index (χ3n) is 2.19. The molecule has 0 radical (unpaired) electrons. The number of anilines is 1. The predicted octanol–water partition coefficient (Wildman–Crippen LogP) is 2.08. The summed E-state index contributed by atoms with van der Waals surface area (Å²) in [5.41, 5.74) is 6.58. The van der Waals surface area contributed by atoms with Crippen molar-refractivity contribution < 1.29 is 0 Å². The van der Waals surface area contributed by atoms with E-state index in [4.69, 9.17) is 17.3 Å². The number of thiazole rings is 1. The molecule has 3 rings (SSSR count). The van der Waals surface area contributed by atoms with Gasteiger partial charge in [-0.15, -0.1) is 0 Å². The topological polar surface area (TPSA) is 64.7 Å². The Labute approximate surface area is 101 Å². The molecule has 2 aromatic heterocycles. The molecule has 0 aliphatic heterocycles. The Morgan fingerprint density at radius 3 is 2.88 bits per heavy atom. The lowest BCUT2D eigenvalue weighted by atomic mass is 10.4. The van der Waals surface area contributed by atoms with Crippen molar-refractivity contribution in [2.24, 2.45) is 5.92 Å². The highest BCUT2D eigenvalue weighted by molar-refractivity contribution is 7.21. The van der Waals surface area contributed by atoms with Gasteiger partial charge < -0.3 is 5.73 Å². The van der Waals surface area contributed by atoms with Gasteiger partial charge in [-0.25, -0.2) is 9.97 Å². The molecule has 0 aromatic carbocycles. The average molecular weight is 251 g/mol. The van der Waals surface area contributed by atoms with E-state index in [1.165, 1.54) is 24.2 Å². The second kappa shape index (κ2) is 3.58. The third kappa shape index (κ3) is 1.82. The van der Waals surface area contributed by atoms with Gasteiger partial charge in [0.05, 0.1) is 0 Å². The summed E-state index contributed by atoms with van der Waals surface area (Å²) in [7, 11) is 0. The molecule has 2 aromatic rings. The van der Waals surface area contributed by atoms with Gasteiger partial charge in [0.2, 0.25) is 0 Å². The van der Waals surface area contributed by atoms with Crippen molar-refractivity contribution in [2.75, 3.05) is 5.73 Å². The summed E-state index contributed by atoms with van der Waals surface area (Å²) in [5, 5.41) is 0.740. The number of nitrogens with two attached hydrogens (primary N) is 1. The number of nitrogen functional groups attached to an aromatic ring is 1. The van der Waals surface area contributed by atoms with Crippen molar-refractivity contribution in [2.45, 2.75) is 12.8 Å². The molecule has 0 bridgehead atoms. The van der Waals surface area contributed by atoms with Crippen LogP contribution in [0, 0.1) is 17.8 Å². The van der Waals surface area contributed by atoms with Gasteiger partial charge in [-0.05, 0) is 18.8 Å². The van der Waals surface area contributed by atoms with Crippen LogP contribution in [0.25, 0.3) is 10.5 Å². The van der Waals surface area contributed by atoms with Gasteiger partial charge in [0.1, 0.15) is 0 Å². The third-order valence-corrected chi connectivity index (χ3v) is 3.22. The molecule has 1 aliphatic rings. The highest BCUT2D eigenvalue weighted by atomic mass is 35.5. The molecule has 2 heterocycles. The summed E-state index contributed by atoms with van der Waals surface area (Å²) in [6.45, 7) is 0. The Balaban J connectivity index is 2.10. The maximum absolute atomic E-state index is 5.96. The van der Waals surface area contributed by atoms with Crippen LogP contribution in [0.5, 0.6) is 0 Å². The highest BCUT2D eigenvalue weighted by Gasteiger charge is 2.18. The van der Waals surface area contributed by atoms with E-state index in [1.807, 2.05) is 0 Å². The van der Waals surface area contributed by atoms with E-state index >= 15 is 0 Å². The van der Waals surface area contributed by atoms with Crippen LogP contribution in [0.1, 0.15) is 18.5 Å². The van der Waals surface area contributed by atoms with Crippen LogP contribution in [0.2, 0.25) is 5.15 Å². The number of halogens is 1. The molecule has 16 heavy (non-hydrogen) atoms. The number of aromatic nitrogens is 3. The summed E-state index contributed by atoms with van der Waals surface area (Å²) in [6, 6.07) is 0. The van der Waals surface area contributed by atoms with Gasteiger partial charge in [-0.1, -0.05) is 28.9 Å². The molecule has 0 spiro atoms. The number of hydrogen-bond donors (Lipinski definition) is 1. The first kappa shape index (κ1) is 9.82. The maximum Gasteiger partial charge on any atom is 0.193 e. The Hall–Kier alpha value is -1.38. The first-order valence-corrected chi connectivity index (χ1v) is 6.03. The summed E-state index contributed by atoms with van der Waals surface area (Å²) in [4.78, 5) is 13.1. The smallest absolute Gasteiger partial charge is 0.193 e. The first-order chi connectivity index (χ1) is 7.72. The summed E-state index contributed by atoms with van der Waals surface area (Å²) < 4.78 is 0. The summed E-state index contributed by atoms with van der Waals surface area (Å²) in [5.74, 6) is 6.57. The molecule has 0 amide bonds. The molecule has 1 fully saturated rings. The largest absolute Gasteiger partial charge is 0.375 e. The van der Waals surface area contributed by atoms with Crippen LogP contribution in [0.4, 0.5) is 5.13 Å². The zero-order valence-electron chi connectivity index (χ0n) is 8.20. The van der Waals surface area contributed by atoms with Crippen LogP contribution >= 0.6 is 22.9 Å². The van der Waals surface area contributed by atoms with Crippen LogP contribution in [-0.4, -0.2) is 15.0 Å². The van der Waals surface area contributed by atoms with Crippen molar-refractivity contribution in [3.8, 4) is 11.8 Å². The van der Waals surface area contributed by atoms with Crippen LogP contribution in [-0.2, 0) is 0 Å². The minimum absolute atomic E-state index is 0.297. The molecule has 2 N–H and O–H groups in total. The van der Waals surface area contributed by atoms with E-state index in [-0.39, 0.29) is 0 Å². The van der Waals surface area contributed by atoms with E-state index in [1.54, 1.807) is 0 Å².